The van der Waals surface area contributed by atoms with Crippen molar-refractivity contribution in [3.8, 4) is 0 Å². The highest BCUT2D eigenvalue weighted by Gasteiger charge is 2.29. The van der Waals surface area contributed by atoms with Crippen LogP contribution in [0.15, 0.2) is 18.2 Å². The summed E-state index contributed by atoms with van der Waals surface area (Å²) >= 11 is 11.9. The minimum absolute atomic E-state index is 0.0674. The van der Waals surface area contributed by atoms with Gasteiger partial charge in [0.25, 0.3) is 0 Å². The Bertz CT molecular complexity index is 526. The Labute approximate surface area is 141 Å². The van der Waals surface area contributed by atoms with Crippen LogP contribution in [-0.2, 0) is 0 Å². The van der Waals surface area contributed by atoms with Crippen molar-refractivity contribution in [1.82, 2.24) is 9.80 Å². The monoisotopic (exact) mass is 341 g/mol. The van der Waals surface area contributed by atoms with E-state index in [4.69, 9.17) is 23.2 Å². The maximum atomic E-state index is 12.5. The Morgan fingerprint density at radius 2 is 1.73 bits per heavy atom. The highest BCUT2D eigenvalue weighted by atomic mass is 35.5. The molecule has 1 aromatic rings. The van der Waals surface area contributed by atoms with Gasteiger partial charge in [0.05, 0.1) is 0 Å². The number of anilines is 1. The zero-order valence-corrected chi connectivity index (χ0v) is 14.0. The topological polar surface area (TPSA) is 35.6 Å². The Kier molecular flexibility index (Phi) is 5.11. The molecule has 0 bridgehead atoms. The van der Waals surface area contributed by atoms with Crippen LogP contribution < -0.4 is 5.32 Å². The molecule has 0 saturated carbocycles. The summed E-state index contributed by atoms with van der Waals surface area (Å²) in [6.45, 7) is 3.96. The van der Waals surface area contributed by atoms with E-state index < -0.39 is 0 Å². The molecular weight excluding hydrogens is 321 g/mol. The number of benzene rings is 1. The highest BCUT2D eigenvalue weighted by molar-refractivity contribution is 6.35. The van der Waals surface area contributed by atoms with E-state index in [0.29, 0.717) is 21.8 Å². The van der Waals surface area contributed by atoms with Gasteiger partial charge in [-0.2, -0.15) is 0 Å². The van der Waals surface area contributed by atoms with Crippen LogP contribution in [0.2, 0.25) is 10.0 Å². The molecule has 4 nitrogen and oxygen atoms in total. The van der Waals surface area contributed by atoms with Crippen LogP contribution in [0.4, 0.5) is 10.5 Å². The van der Waals surface area contributed by atoms with Crippen LogP contribution in [0.1, 0.15) is 25.7 Å². The number of urea groups is 1. The fourth-order valence-electron chi connectivity index (χ4n) is 3.37. The van der Waals surface area contributed by atoms with Gasteiger partial charge in [-0.15, -0.1) is 0 Å². The van der Waals surface area contributed by atoms with Gasteiger partial charge in [0.2, 0.25) is 0 Å². The molecule has 0 aromatic heterocycles. The molecule has 2 heterocycles. The number of hydrogen-bond donors (Lipinski definition) is 1. The summed E-state index contributed by atoms with van der Waals surface area (Å²) in [6.07, 6.45) is 4.81. The minimum atomic E-state index is -0.0674. The first-order chi connectivity index (χ1) is 10.6. The largest absolute Gasteiger partial charge is 0.323 e. The van der Waals surface area contributed by atoms with Gasteiger partial charge in [-0.25, -0.2) is 4.79 Å². The molecule has 2 saturated heterocycles. The standard InChI is InChI=1S/C16H21Cl2N3O/c17-12-8-13(18)10-14(9-12)19-16(22)21-7-3-4-15(11-21)20-5-1-2-6-20/h8-10,15H,1-7,11H2,(H,19,22). The average molecular weight is 342 g/mol. The molecule has 0 aliphatic carbocycles. The fourth-order valence-corrected chi connectivity index (χ4v) is 3.90. The summed E-state index contributed by atoms with van der Waals surface area (Å²) in [5, 5.41) is 3.95. The van der Waals surface area contributed by atoms with E-state index in [1.165, 1.54) is 32.4 Å². The molecule has 1 unspecified atom stereocenters. The van der Waals surface area contributed by atoms with Gasteiger partial charge in [-0.1, -0.05) is 23.2 Å². The maximum absolute atomic E-state index is 12.5. The molecule has 0 radical (unpaired) electrons. The van der Waals surface area contributed by atoms with Crippen LogP contribution in [0, 0.1) is 0 Å². The maximum Gasteiger partial charge on any atom is 0.321 e. The van der Waals surface area contributed by atoms with E-state index in [-0.39, 0.29) is 6.03 Å². The first-order valence-corrected chi connectivity index (χ1v) is 8.63. The SMILES string of the molecule is O=C(Nc1cc(Cl)cc(Cl)c1)N1CCCC(N2CCCC2)C1. The third-order valence-electron chi connectivity index (χ3n) is 4.45. The molecule has 1 aromatic carbocycles. The number of nitrogens with zero attached hydrogens (tertiary/aromatic N) is 2. The Morgan fingerprint density at radius 1 is 1.05 bits per heavy atom. The van der Waals surface area contributed by atoms with Crippen molar-refractivity contribution in [3.63, 3.8) is 0 Å². The lowest BCUT2D eigenvalue weighted by Crippen LogP contribution is -2.50. The quantitative estimate of drug-likeness (QED) is 0.879. The van der Waals surface area contributed by atoms with Gasteiger partial charge in [0.15, 0.2) is 0 Å². The Balaban J connectivity index is 1.61. The highest BCUT2D eigenvalue weighted by Crippen LogP contribution is 2.24. The van der Waals surface area contributed by atoms with Gasteiger partial charge in [0, 0.05) is 34.9 Å². The van der Waals surface area contributed by atoms with Crippen molar-refractivity contribution in [2.45, 2.75) is 31.7 Å². The summed E-state index contributed by atoms with van der Waals surface area (Å²) in [4.78, 5) is 16.9. The normalized spacial score (nSPS) is 22.8. The number of halogens is 2. The molecule has 2 amide bonds. The van der Waals surface area contributed by atoms with E-state index in [0.717, 1.165) is 19.5 Å². The zero-order valence-electron chi connectivity index (χ0n) is 12.5. The van der Waals surface area contributed by atoms with Crippen molar-refractivity contribution in [2.24, 2.45) is 0 Å². The molecule has 6 heteroatoms. The summed E-state index contributed by atoms with van der Waals surface area (Å²) in [5.41, 5.74) is 0.644. The lowest BCUT2D eigenvalue weighted by Gasteiger charge is -2.37. The second-order valence-corrected chi connectivity index (χ2v) is 6.95. The summed E-state index contributed by atoms with van der Waals surface area (Å²) < 4.78 is 0. The first-order valence-electron chi connectivity index (χ1n) is 7.88. The van der Waals surface area contributed by atoms with E-state index in [9.17, 15) is 4.79 Å². The van der Waals surface area contributed by atoms with E-state index >= 15 is 0 Å². The molecule has 3 rings (SSSR count). The second-order valence-electron chi connectivity index (χ2n) is 6.07. The summed E-state index contributed by atoms with van der Waals surface area (Å²) in [6, 6.07) is 5.52. The molecule has 1 N–H and O–H groups in total. The number of hydrogen-bond acceptors (Lipinski definition) is 2. The van der Waals surface area contributed by atoms with Crippen molar-refractivity contribution < 1.29 is 4.79 Å². The van der Waals surface area contributed by atoms with Gasteiger partial charge in [-0.05, 0) is 57.0 Å². The first kappa shape index (κ1) is 15.9. The van der Waals surface area contributed by atoms with Crippen molar-refractivity contribution in [1.29, 1.82) is 0 Å². The number of rotatable bonds is 2. The number of nitrogens with one attached hydrogen (secondary N) is 1. The molecular formula is C16H21Cl2N3O. The minimum Gasteiger partial charge on any atom is -0.323 e. The molecule has 120 valence electrons. The smallest absolute Gasteiger partial charge is 0.321 e. The van der Waals surface area contributed by atoms with Crippen molar-refractivity contribution in [3.05, 3.63) is 28.2 Å². The van der Waals surface area contributed by atoms with Gasteiger partial charge < -0.3 is 10.2 Å². The van der Waals surface area contributed by atoms with Crippen LogP contribution in [0.3, 0.4) is 0 Å². The van der Waals surface area contributed by atoms with Crippen molar-refractivity contribution in [2.75, 3.05) is 31.5 Å². The summed E-state index contributed by atoms with van der Waals surface area (Å²) in [5.74, 6) is 0. The number of carbonyl (C=O) groups is 1. The molecule has 1 atom stereocenters. The van der Waals surface area contributed by atoms with E-state index in [1.807, 2.05) is 4.90 Å². The molecule has 0 spiro atoms. The van der Waals surface area contributed by atoms with Crippen LogP contribution in [0.25, 0.3) is 0 Å². The second kappa shape index (κ2) is 7.07. The molecule has 2 aliphatic rings. The molecule has 22 heavy (non-hydrogen) atoms. The van der Waals surface area contributed by atoms with Crippen LogP contribution in [0.5, 0.6) is 0 Å². The number of carbonyl (C=O) groups excluding carboxylic acids is 1. The van der Waals surface area contributed by atoms with E-state index in [1.54, 1.807) is 18.2 Å². The number of likely N-dealkylation sites (tertiary alicyclic amines) is 2. The van der Waals surface area contributed by atoms with Crippen molar-refractivity contribution >= 4 is 34.9 Å². The molecule has 2 fully saturated rings. The van der Waals surface area contributed by atoms with Crippen LogP contribution >= 0.6 is 23.2 Å². The van der Waals surface area contributed by atoms with Gasteiger partial charge >= 0.3 is 6.03 Å². The van der Waals surface area contributed by atoms with E-state index in [2.05, 4.69) is 10.2 Å². The van der Waals surface area contributed by atoms with Gasteiger partial charge in [0.1, 0.15) is 0 Å². The Hall–Kier alpha value is -0.970. The number of piperidine rings is 1. The molecule has 2 aliphatic heterocycles. The number of amides is 2. The summed E-state index contributed by atoms with van der Waals surface area (Å²) in [7, 11) is 0. The van der Waals surface area contributed by atoms with Crippen LogP contribution in [-0.4, -0.2) is 48.1 Å². The Morgan fingerprint density at radius 3 is 2.41 bits per heavy atom. The fraction of sp³-hybridized carbons (Fsp3) is 0.562. The average Bonchev–Trinajstić information content (AvgIpc) is 3.00. The lowest BCUT2D eigenvalue weighted by atomic mass is 10.0. The lowest BCUT2D eigenvalue weighted by molar-refractivity contribution is 0.132. The van der Waals surface area contributed by atoms with Gasteiger partial charge in [-0.3, -0.25) is 4.90 Å². The third kappa shape index (κ3) is 3.86. The predicted octanol–water partition coefficient (Wildman–Crippen LogP) is 4.09. The zero-order chi connectivity index (χ0) is 15.5. The predicted molar refractivity (Wildman–Crippen MR) is 90.9 cm³/mol. The third-order valence-corrected chi connectivity index (χ3v) is 4.89.